The van der Waals surface area contributed by atoms with Gasteiger partial charge in [-0.05, 0) is 44.4 Å². The maximum absolute atomic E-state index is 12.9. The van der Waals surface area contributed by atoms with Crippen molar-refractivity contribution in [2.75, 3.05) is 41.4 Å². The fraction of sp³-hybridized carbons (Fsp3) is 0.476. The van der Waals surface area contributed by atoms with Crippen LogP contribution in [-0.2, 0) is 14.3 Å². The third-order valence-electron chi connectivity index (χ3n) is 5.41. The van der Waals surface area contributed by atoms with Crippen LogP contribution in [0.15, 0.2) is 24.3 Å². The van der Waals surface area contributed by atoms with Gasteiger partial charge in [0.15, 0.2) is 0 Å². The second-order valence-electron chi connectivity index (χ2n) is 7.59. The molecule has 2 aliphatic rings. The monoisotopic (exact) mass is 443 g/mol. The van der Waals surface area contributed by atoms with Gasteiger partial charge in [0.1, 0.15) is 0 Å². The molecule has 1 aromatic heterocycles. The first kappa shape index (κ1) is 21.2. The number of nitrogens with one attached hydrogen (secondary N) is 1. The molecule has 0 saturated carbocycles. The maximum atomic E-state index is 12.9. The van der Waals surface area contributed by atoms with Gasteiger partial charge in [0.05, 0.1) is 18.1 Å². The average Bonchev–Trinajstić information content (AvgIpc) is 3.43. The Morgan fingerprint density at radius 2 is 2.06 bits per heavy atom. The van der Waals surface area contributed by atoms with Crippen molar-refractivity contribution < 1.29 is 19.1 Å². The number of hydrogen-bond donors (Lipinski definition) is 1. The molecule has 0 spiro atoms. The van der Waals surface area contributed by atoms with Crippen LogP contribution in [0.3, 0.4) is 0 Å². The van der Waals surface area contributed by atoms with Gasteiger partial charge in [0.2, 0.25) is 22.1 Å². The molecule has 9 nitrogen and oxygen atoms in total. The lowest BCUT2D eigenvalue weighted by molar-refractivity contribution is -0.120. The third-order valence-corrected chi connectivity index (χ3v) is 6.42. The van der Waals surface area contributed by atoms with Gasteiger partial charge in [0.25, 0.3) is 0 Å². The number of piperidine rings is 1. The number of ether oxygens (including phenoxy) is 1. The zero-order valence-corrected chi connectivity index (χ0v) is 18.2. The summed E-state index contributed by atoms with van der Waals surface area (Å²) in [7, 11) is 0. The Bertz CT molecular complexity index is 978. The van der Waals surface area contributed by atoms with E-state index in [0.29, 0.717) is 42.5 Å². The summed E-state index contributed by atoms with van der Waals surface area (Å²) in [6.45, 7) is 4.06. The molecule has 164 valence electrons. The molecule has 10 heteroatoms. The number of benzene rings is 1. The molecule has 0 radical (unpaired) electrons. The van der Waals surface area contributed by atoms with Gasteiger partial charge >= 0.3 is 5.97 Å². The van der Waals surface area contributed by atoms with Gasteiger partial charge in [-0.2, -0.15) is 0 Å². The second-order valence-corrected chi connectivity index (χ2v) is 8.53. The summed E-state index contributed by atoms with van der Waals surface area (Å²) in [5.74, 6) is -0.624. The molecule has 1 N–H and O–H groups in total. The highest BCUT2D eigenvalue weighted by molar-refractivity contribution is 7.19. The van der Waals surface area contributed by atoms with E-state index in [1.165, 1.54) is 11.3 Å². The zero-order chi connectivity index (χ0) is 21.8. The van der Waals surface area contributed by atoms with Crippen LogP contribution in [0.5, 0.6) is 0 Å². The van der Waals surface area contributed by atoms with Crippen LogP contribution >= 0.6 is 11.3 Å². The van der Waals surface area contributed by atoms with Crippen molar-refractivity contribution in [3.63, 3.8) is 0 Å². The van der Waals surface area contributed by atoms with E-state index in [1.54, 1.807) is 36.1 Å². The Balaban J connectivity index is 1.39. The van der Waals surface area contributed by atoms with Crippen molar-refractivity contribution in [2.24, 2.45) is 5.92 Å². The zero-order valence-electron chi connectivity index (χ0n) is 17.4. The van der Waals surface area contributed by atoms with E-state index < -0.39 is 5.97 Å². The summed E-state index contributed by atoms with van der Waals surface area (Å²) >= 11 is 1.39. The summed E-state index contributed by atoms with van der Waals surface area (Å²) in [6, 6.07) is 6.76. The lowest BCUT2D eigenvalue weighted by Gasteiger charge is -2.31. The van der Waals surface area contributed by atoms with E-state index in [0.717, 1.165) is 30.9 Å². The van der Waals surface area contributed by atoms with E-state index in [9.17, 15) is 14.4 Å². The standard InChI is InChI=1S/C21H25N5O4S/c1-2-30-19(29)14-6-3-8-16(12-14)22-18(28)15-7-4-10-25(13-15)20-23-24-21(31-20)26-11-5-9-17(26)27/h3,6,8,12,15H,2,4-5,7,9-11,13H2,1H3,(H,22,28)/t15-/m0/s1. The van der Waals surface area contributed by atoms with Crippen LogP contribution in [0.1, 0.15) is 43.0 Å². The SMILES string of the molecule is CCOC(=O)c1cccc(NC(=O)[C@H]2CCCN(c3nnc(N4CCCC4=O)s3)C2)c1. The number of esters is 1. The molecule has 0 bridgehead atoms. The number of amides is 2. The molecule has 1 aromatic carbocycles. The number of carbonyl (C=O) groups excluding carboxylic acids is 3. The topological polar surface area (TPSA) is 105 Å². The highest BCUT2D eigenvalue weighted by Crippen LogP contribution is 2.32. The van der Waals surface area contributed by atoms with Gasteiger partial charge in [-0.3, -0.25) is 14.5 Å². The van der Waals surface area contributed by atoms with E-state index in [-0.39, 0.29) is 17.7 Å². The van der Waals surface area contributed by atoms with Crippen LogP contribution in [0.4, 0.5) is 16.0 Å². The Kier molecular flexibility index (Phi) is 6.45. The van der Waals surface area contributed by atoms with Crippen molar-refractivity contribution in [2.45, 2.75) is 32.6 Å². The molecular weight excluding hydrogens is 418 g/mol. The van der Waals surface area contributed by atoms with Gasteiger partial charge in [-0.15, -0.1) is 10.2 Å². The Labute approximate surface area is 184 Å². The summed E-state index contributed by atoms with van der Waals surface area (Å²) in [5, 5.41) is 12.7. The smallest absolute Gasteiger partial charge is 0.338 e. The minimum absolute atomic E-state index is 0.0867. The maximum Gasteiger partial charge on any atom is 0.338 e. The van der Waals surface area contributed by atoms with Gasteiger partial charge in [0, 0.05) is 31.7 Å². The molecule has 2 aliphatic heterocycles. The Morgan fingerprint density at radius 3 is 2.84 bits per heavy atom. The first-order valence-electron chi connectivity index (χ1n) is 10.5. The molecule has 0 aliphatic carbocycles. The fourth-order valence-corrected chi connectivity index (χ4v) is 4.77. The first-order valence-corrected chi connectivity index (χ1v) is 11.3. The Hall–Kier alpha value is -3.01. The average molecular weight is 444 g/mol. The summed E-state index contributed by atoms with van der Waals surface area (Å²) in [6.07, 6.45) is 3.03. The lowest BCUT2D eigenvalue weighted by atomic mass is 9.97. The summed E-state index contributed by atoms with van der Waals surface area (Å²) in [5.41, 5.74) is 0.973. The molecule has 31 heavy (non-hydrogen) atoms. The summed E-state index contributed by atoms with van der Waals surface area (Å²) in [4.78, 5) is 40.5. The quantitative estimate of drug-likeness (QED) is 0.685. The van der Waals surface area contributed by atoms with E-state index in [2.05, 4.69) is 20.4 Å². The summed E-state index contributed by atoms with van der Waals surface area (Å²) < 4.78 is 5.02. The van der Waals surface area contributed by atoms with Crippen LogP contribution in [-0.4, -0.2) is 54.2 Å². The van der Waals surface area contributed by atoms with Crippen molar-refractivity contribution in [1.29, 1.82) is 0 Å². The third kappa shape index (κ3) is 4.84. The van der Waals surface area contributed by atoms with Crippen LogP contribution in [0.2, 0.25) is 0 Å². The Morgan fingerprint density at radius 1 is 1.23 bits per heavy atom. The van der Waals surface area contributed by atoms with E-state index >= 15 is 0 Å². The predicted octanol–water partition coefficient (Wildman–Crippen LogP) is 2.70. The largest absolute Gasteiger partial charge is 0.462 e. The normalized spacial score (nSPS) is 18.9. The van der Waals surface area contributed by atoms with Crippen molar-refractivity contribution in [3.05, 3.63) is 29.8 Å². The lowest BCUT2D eigenvalue weighted by Crippen LogP contribution is -2.40. The molecule has 2 saturated heterocycles. The molecule has 2 fully saturated rings. The molecule has 2 aromatic rings. The predicted molar refractivity (Wildman–Crippen MR) is 117 cm³/mol. The number of carbonyl (C=O) groups is 3. The fourth-order valence-electron chi connectivity index (χ4n) is 3.84. The molecule has 0 unspecified atom stereocenters. The molecule has 1 atom stereocenters. The molecule has 2 amide bonds. The molecule has 3 heterocycles. The molecule has 4 rings (SSSR count). The minimum atomic E-state index is -0.411. The number of aromatic nitrogens is 2. The number of anilines is 3. The highest BCUT2D eigenvalue weighted by atomic mass is 32.1. The number of nitrogens with zero attached hydrogens (tertiary/aromatic N) is 4. The second kappa shape index (κ2) is 9.42. The van der Waals surface area contributed by atoms with Gasteiger partial charge in [-0.1, -0.05) is 17.4 Å². The van der Waals surface area contributed by atoms with E-state index in [4.69, 9.17) is 4.74 Å². The number of hydrogen-bond acceptors (Lipinski definition) is 8. The van der Waals surface area contributed by atoms with Crippen molar-refractivity contribution in [1.82, 2.24) is 10.2 Å². The van der Waals surface area contributed by atoms with Crippen LogP contribution < -0.4 is 15.1 Å². The highest BCUT2D eigenvalue weighted by Gasteiger charge is 2.30. The van der Waals surface area contributed by atoms with E-state index in [1.807, 2.05) is 0 Å². The van der Waals surface area contributed by atoms with Crippen molar-refractivity contribution >= 4 is 45.1 Å². The first-order chi connectivity index (χ1) is 15.0. The number of rotatable bonds is 6. The van der Waals surface area contributed by atoms with Crippen molar-refractivity contribution in [3.8, 4) is 0 Å². The van der Waals surface area contributed by atoms with Crippen LogP contribution in [0, 0.1) is 5.92 Å². The minimum Gasteiger partial charge on any atom is -0.462 e. The van der Waals surface area contributed by atoms with Crippen LogP contribution in [0.25, 0.3) is 0 Å². The molecular formula is C21H25N5O4S. The van der Waals surface area contributed by atoms with Gasteiger partial charge in [-0.25, -0.2) is 4.79 Å². The van der Waals surface area contributed by atoms with Gasteiger partial charge < -0.3 is 15.0 Å².